The maximum atomic E-state index is 12.2. The van der Waals surface area contributed by atoms with E-state index in [4.69, 9.17) is 9.73 Å². The van der Waals surface area contributed by atoms with Crippen molar-refractivity contribution in [2.75, 3.05) is 18.9 Å². The molecule has 0 aromatic heterocycles. The van der Waals surface area contributed by atoms with E-state index in [1.165, 1.54) is 0 Å². The molecule has 0 heterocycles. The monoisotopic (exact) mass is 519 g/mol. The van der Waals surface area contributed by atoms with Gasteiger partial charge in [-0.25, -0.2) is 4.99 Å². The van der Waals surface area contributed by atoms with E-state index < -0.39 is 10.8 Å². The van der Waals surface area contributed by atoms with E-state index in [2.05, 4.69) is 24.1 Å². The molecule has 0 amide bonds. The molecule has 1 fully saturated rings. The maximum absolute atomic E-state index is 12.2. The van der Waals surface area contributed by atoms with Crippen LogP contribution in [0.5, 0.6) is 5.75 Å². The number of halogens is 1. The number of para-hydroxylation sites is 1. The fraction of sp³-hybridized carbons (Fsp3) is 0.571. The highest BCUT2D eigenvalue weighted by Crippen LogP contribution is 2.23. The van der Waals surface area contributed by atoms with Crippen molar-refractivity contribution in [2.24, 2.45) is 4.99 Å². The van der Waals surface area contributed by atoms with Gasteiger partial charge >= 0.3 is 0 Å². The van der Waals surface area contributed by atoms with Crippen LogP contribution in [0, 0.1) is 0 Å². The highest BCUT2D eigenvalue weighted by molar-refractivity contribution is 14.0. The topological polar surface area (TPSA) is 62.7 Å². The summed E-state index contributed by atoms with van der Waals surface area (Å²) in [4.78, 5) is 4.75. The molecule has 0 saturated heterocycles. The average Bonchev–Trinajstić information content (AvgIpc) is 2.70. The van der Waals surface area contributed by atoms with Gasteiger partial charge in [-0.05, 0) is 32.3 Å². The summed E-state index contributed by atoms with van der Waals surface area (Å²) in [5, 5.41) is 7.18. The molecule has 3 unspecified atom stereocenters. The minimum Gasteiger partial charge on any atom is -0.489 e. The van der Waals surface area contributed by atoms with Gasteiger partial charge in [-0.1, -0.05) is 44.2 Å². The lowest BCUT2D eigenvalue weighted by molar-refractivity contribution is 0.359. The van der Waals surface area contributed by atoms with Crippen molar-refractivity contribution in [1.29, 1.82) is 0 Å². The standard InChI is InChI=1S/C21H33N3O2S.HI/c1-4-14-26-20-13-8-7-10-17(20)16-23-21(22-5-2)24-18-11-9-12-19(15-18)27(25)6-3;/h4,7-8,10,13,18-19H,1,5-6,9,11-12,14-16H2,2-3H3,(H2,22,23,24);1H. The van der Waals surface area contributed by atoms with Gasteiger partial charge in [0.25, 0.3) is 0 Å². The molecular weight excluding hydrogens is 485 g/mol. The third kappa shape index (κ3) is 8.11. The van der Waals surface area contributed by atoms with Gasteiger partial charge in [0.1, 0.15) is 12.4 Å². The SMILES string of the molecule is C=CCOc1ccccc1CN=C(NCC)NC1CCCC(S(=O)CC)C1.I. The van der Waals surface area contributed by atoms with E-state index in [1.807, 2.05) is 31.2 Å². The van der Waals surface area contributed by atoms with Crippen LogP contribution in [0.1, 0.15) is 45.1 Å². The first kappa shape index (κ1) is 24.9. The number of guanidine groups is 1. The summed E-state index contributed by atoms with van der Waals surface area (Å²) in [6, 6.07) is 8.28. The lowest BCUT2D eigenvalue weighted by Crippen LogP contribution is -2.46. The van der Waals surface area contributed by atoms with E-state index >= 15 is 0 Å². The summed E-state index contributed by atoms with van der Waals surface area (Å²) >= 11 is 0. The van der Waals surface area contributed by atoms with Gasteiger partial charge in [0, 0.05) is 40.0 Å². The van der Waals surface area contributed by atoms with Crippen LogP contribution >= 0.6 is 24.0 Å². The predicted octanol–water partition coefficient (Wildman–Crippen LogP) is 4.00. The molecule has 3 atom stereocenters. The number of ether oxygens (including phenoxy) is 1. The number of hydrogen-bond donors (Lipinski definition) is 2. The Hall–Kier alpha value is -1.09. The van der Waals surface area contributed by atoms with Gasteiger partial charge in [-0.15, -0.1) is 24.0 Å². The number of nitrogens with zero attached hydrogens (tertiary/aromatic N) is 1. The highest BCUT2D eigenvalue weighted by atomic mass is 127. The summed E-state index contributed by atoms with van der Waals surface area (Å²) in [6.07, 6.45) is 5.97. The Labute approximate surface area is 189 Å². The van der Waals surface area contributed by atoms with Crippen LogP contribution < -0.4 is 15.4 Å². The Bertz CT molecular complexity index is 654. The number of benzene rings is 1. The zero-order valence-corrected chi connectivity index (χ0v) is 20.1. The molecule has 2 rings (SSSR count). The van der Waals surface area contributed by atoms with Gasteiger partial charge in [-0.2, -0.15) is 0 Å². The summed E-state index contributed by atoms with van der Waals surface area (Å²) in [6.45, 7) is 9.60. The van der Waals surface area contributed by atoms with Crippen molar-refractivity contribution >= 4 is 40.7 Å². The molecule has 1 aromatic rings. The first-order valence-corrected chi connectivity index (χ1v) is 11.3. The van der Waals surface area contributed by atoms with Crippen LogP contribution in [0.25, 0.3) is 0 Å². The van der Waals surface area contributed by atoms with E-state index in [0.717, 1.165) is 55.3 Å². The molecule has 1 aromatic carbocycles. The summed E-state index contributed by atoms with van der Waals surface area (Å²) in [7, 11) is -0.717. The second kappa shape index (κ2) is 14.0. The zero-order chi connectivity index (χ0) is 19.5. The maximum Gasteiger partial charge on any atom is 0.191 e. The third-order valence-electron chi connectivity index (χ3n) is 4.70. The van der Waals surface area contributed by atoms with E-state index in [1.54, 1.807) is 6.08 Å². The Kier molecular flexibility index (Phi) is 12.5. The Morgan fingerprint density at radius 3 is 2.86 bits per heavy atom. The molecule has 0 spiro atoms. The van der Waals surface area contributed by atoms with Crippen LogP contribution in [-0.2, 0) is 17.3 Å². The predicted molar refractivity (Wildman–Crippen MR) is 130 cm³/mol. The van der Waals surface area contributed by atoms with E-state index in [0.29, 0.717) is 24.4 Å². The van der Waals surface area contributed by atoms with Gasteiger partial charge in [-0.3, -0.25) is 4.21 Å². The molecule has 2 N–H and O–H groups in total. The average molecular weight is 519 g/mol. The van der Waals surface area contributed by atoms with Crippen LogP contribution in [0.2, 0.25) is 0 Å². The number of nitrogens with one attached hydrogen (secondary N) is 2. The van der Waals surface area contributed by atoms with Crippen LogP contribution in [0.4, 0.5) is 0 Å². The molecule has 1 aliphatic rings. The summed E-state index contributed by atoms with van der Waals surface area (Å²) < 4.78 is 17.9. The molecule has 1 saturated carbocycles. The van der Waals surface area contributed by atoms with Crippen molar-refractivity contribution < 1.29 is 8.95 Å². The number of hydrogen-bond acceptors (Lipinski definition) is 3. The smallest absolute Gasteiger partial charge is 0.191 e. The zero-order valence-electron chi connectivity index (χ0n) is 17.0. The number of rotatable bonds is 9. The fourth-order valence-electron chi connectivity index (χ4n) is 3.35. The van der Waals surface area contributed by atoms with Crippen molar-refractivity contribution in [3.63, 3.8) is 0 Å². The molecule has 0 aliphatic heterocycles. The van der Waals surface area contributed by atoms with Crippen LogP contribution in [-0.4, -0.2) is 40.4 Å². The van der Waals surface area contributed by atoms with Gasteiger partial charge in [0.15, 0.2) is 5.96 Å². The first-order valence-electron chi connectivity index (χ1n) is 9.91. The van der Waals surface area contributed by atoms with E-state index in [-0.39, 0.29) is 24.0 Å². The van der Waals surface area contributed by atoms with Crippen molar-refractivity contribution in [1.82, 2.24) is 10.6 Å². The first-order chi connectivity index (χ1) is 13.2. The molecule has 5 nitrogen and oxygen atoms in total. The second-order valence-corrected chi connectivity index (χ2v) is 8.71. The quantitative estimate of drug-likeness (QED) is 0.224. The number of aliphatic imine (C=N–C) groups is 1. The van der Waals surface area contributed by atoms with E-state index in [9.17, 15) is 4.21 Å². The molecule has 7 heteroatoms. The van der Waals surface area contributed by atoms with Gasteiger partial charge in [0.05, 0.1) is 6.54 Å². The molecule has 158 valence electrons. The molecule has 0 radical (unpaired) electrons. The minimum atomic E-state index is -0.717. The third-order valence-corrected chi connectivity index (χ3v) is 6.45. The molecule has 1 aliphatic carbocycles. The lowest BCUT2D eigenvalue weighted by atomic mass is 9.95. The normalized spacial score (nSPS) is 20.6. The minimum absolute atomic E-state index is 0. The fourth-order valence-corrected chi connectivity index (χ4v) is 4.70. The lowest BCUT2D eigenvalue weighted by Gasteiger charge is -2.30. The van der Waals surface area contributed by atoms with Crippen LogP contribution in [0.3, 0.4) is 0 Å². The Morgan fingerprint density at radius 2 is 2.14 bits per heavy atom. The molecule has 0 bridgehead atoms. The highest BCUT2D eigenvalue weighted by Gasteiger charge is 2.26. The molecule has 28 heavy (non-hydrogen) atoms. The van der Waals surface area contributed by atoms with Gasteiger partial charge < -0.3 is 15.4 Å². The van der Waals surface area contributed by atoms with Crippen LogP contribution in [0.15, 0.2) is 41.9 Å². The Morgan fingerprint density at radius 1 is 1.36 bits per heavy atom. The van der Waals surface area contributed by atoms with Gasteiger partial charge in [0.2, 0.25) is 0 Å². The summed E-state index contributed by atoms with van der Waals surface area (Å²) in [5.41, 5.74) is 1.05. The van der Waals surface area contributed by atoms with Crippen molar-refractivity contribution in [3.8, 4) is 5.75 Å². The van der Waals surface area contributed by atoms with Crippen molar-refractivity contribution in [2.45, 2.75) is 57.4 Å². The largest absolute Gasteiger partial charge is 0.489 e. The van der Waals surface area contributed by atoms with Crippen molar-refractivity contribution in [3.05, 3.63) is 42.5 Å². The summed E-state index contributed by atoms with van der Waals surface area (Å²) in [5.74, 6) is 2.39. The molecular formula is C21H34IN3O2S. The second-order valence-electron chi connectivity index (χ2n) is 6.70. The Balaban J connectivity index is 0.00000392.